The average molecular weight is 219 g/mol. The number of Topliss-reactive ketones (excluding diaryl/α,β-unsaturated/α-hetero) is 1. The molecule has 1 unspecified atom stereocenters. The van der Waals surface area contributed by atoms with Crippen LogP contribution in [0.2, 0.25) is 0 Å². The Hall–Kier alpha value is -1.33. The second-order valence-electron chi connectivity index (χ2n) is 4.24. The van der Waals surface area contributed by atoms with Crippen molar-refractivity contribution >= 4 is 24.1 Å². The van der Waals surface area contributed by atoms with Crippen LogP contribution < -0.4 is 10.4 Å². The van der Waals surface area contributed by atoms with Crippen LogP contribution in [0, 0.1) is 0 Å². The van der Waals surface area contributed by atoms with E-state index in [9.17, 15) is 4.79 Å². The Morgan fingerprint density at radius 2 is 2.19 bits per heavy atom. The average Bonchev–Trinajstić information content (AvgIpc) is 2.56. The number of benzene rings is 1. The monoisotopic (exact) mass is 219 g/mol. The molecule has 1 aromatic carbocycles. The molecule has 0 aliphatic carbocycles. The van der Waals surface area contributed by atoms with Crippen molar-refractivity contribution in [1.29, 1.82) is 0 Å². The van der Waals surface area contributed by atoms with E-state index in [0.29, 0.717) is 12.0 Å². The minimum absolute atomic E-state index is 0.0927. The summed E-state index contributed by atoms with van der Waals surface area (Å²) in [5.74, 6) is 0.0489. The highest BCUT2D eigenvalue weighted by molar-refractivity contribution is 6.58. The van der Waals surface area contributed by atoms with Crippen LogP contribution in [0.25, 0.3) is 0 Å². The van der Waals surface area contributed by atoms with Gasteiger partial charge < -0.3 is 14.9 Å². The Bertz CT molecular complexity index is 433. The third kappa shape index (κ3) is 1.72. The second-order valence-corrected chi connectivity index (χ2v) is 4.24. The summed E-state index contributed by atoms with van der Waals surface area (Å²) in [6.45, 7) is 2.25. The van der Waals surface area contributed by atoms with E-state index < -0.39 is 7.12 Å². The number of anilines is 1. The van der Waals surface area contributed by atoms with E-state index >= 15 is 0 Å². The van der Waals surface area contributed by atoms with Crippen LogP contribution in [0.1, 0.15) is 18.4 Å². The SMILES string of the molecule is CC(=O)C1CN(C)c2cc(B(O)O)ccc21. The second kappa shape index (κ2) is 3.92. The van der Waals surface area contributed by atoms with Crippen molar-refractivity contribution in [1.82, 2.24) is 0 Å². The molecule has 5 heteroatoms. The highest BCUT2D eigenvalue weighted by Gasteiger charge is 2.30. The number of nitrogens with zero attached hydrogens (tertiary/aromatic N) is 1. The molecule has 1 aliphatic heterocycles. The molecule has 0 radical (unpaired) electrons. The first-order valence-corrected chi connectivity index (χ1v) is 5.22. The normalized spacial score (nSPS) is 18.5. The Morgan fingerprint density at radius 3 is 2.75 bits per heavy atom. The fourth-order valence-corrected chi connectivity index (χ4v) is 2.16. The smallest absolute Gasteiger partial charge is 0.423 e. The van der Waals surface area contributed by atoms with Gasteiger partial charge in [-0.3, -0.25) is 4.79 Å². The van der Waals surface area contributed by atoms with Gasteiger partial charge in [-0.2, -0.15) is 0 Å². The van der Waals surface area contributed by atoms with E-state index in [1.807, 2.05) is 11.9 Å². The van der Waals surface area contributed by atoms with Crippen LogP contribution in [0.4, 0.5) is 5.69 Å². The van der Waals surface area contributed by atoms with Crippen LogP contribution in [0.3, 0.4) is 0 Å². The van der Waals surface area contributed by atoms with E-state index in [1.54, 1.807) is 25.1 Å². The molecule has 2 N–H and O–H groups in total. The summed E-state index contributed by atoms with van der Waals surface area (Å²) in [7, 11) is 0.435. The lowest BCUT2D eigenvalue weighted by Crippen LogP contribution is -2.30. The van der Waals surface area contributed by atoms with E-state index in [4.69, 9.17) is 10.0 Å². The van der Waals surface area contributed by atoms with Gasteiger partial charge >= 0.3 is 7.12 Å². The Morgan fingerprint density at radius 1 is 1.50 bits per heavy atom. The van der Waals surface area contributed by atoms with Crippen molar-refractivity contribution in [2.24, 2.45) is 0 Å². The highest BCUT2D eigenvalue weighted by atomic mass is 16.4. The zero-order valence-electron chi connectivity index (χ0n) is 9.34. The van der Waals surface area contributed by atoms with Crippen LogP contribution >= 0.6 is 0 Å². The number of hydrogen-bond acceptors (Lipinski definition) is 4. The molecule has 0 saturated heterocycles. The molecule has 84 valence electrons. The zero-order chi connectivity index (χ0) is 11.9. The van der Waals surface area contributed by atoms with Crippen LogP contribution in [0.15, 0.2) is 18.2 Å². The van der Waals surface area contributed by atoms with E-state index in [-0.39, 0.29) is 11.7 Å². The molecule has 2 rings (SSSR count). The molecular weight excluding hydrogens is 205 g/mol. The molecule has 0 aromatic heterocycles. The predicted octanol–water partition coefficient (Wildman–Crippen LogP) is -0.511. The van der Waals surface area contributed by atoms with Gasteiger partial charge in [0.25, 0.3) is 0 Å². The highest BCUT2D eigenvalue weighted by Crippen LogP contribution is 2.34. The van der Waals surface area contributed by atoms with Crippen molar-refractivity contribution in [2.75, 3.05) is 18.5 Å². The molecule has 1 atom stereocenters. The molecule has 0 saturated carbocycles. The first-order valence-electron chi connectivity index (χ1n) is 5.22. The number of hydrogen-bond donors (Lipinski definition) is 2. The number of carbonyl (C=O) groups excluding carboxylic acids is 1. The number of carbonyl (C=O) groups is 1. The van der Waals surface area contributed by atoms with Crippen molar-refractivity contribution in [2.45, 2.75) is 12.8 Å². The fourth-order valence-electron chi connectivity index (χ4n) is 2.16. The summed E-state index contributed by atoms with van der Waals surface area (Å²) in [5, 5.41) is 18.2. The Balaban J connectivity index is 2.45. The standard InChI is InChI=1S/C11H14BNO3/c1-7(14)10-6-13(2)11-5-8(12(15)16)3-4-9(10)11/h3-5,10,15-16H,6H2,1-2H3. The Kier molecular flexibility index (Phi) is 2.74. The fraction of sp³-hybridized carbons (Fsp3) is 0.364. The number of likely N-dealkylation sites (N-methyl/N-ethyl adjacent to an activating group) is 1. The van der Waals surface area contributed by atoms with Crippen LogP contribution in [-0.4, -0.2) is 36.5 Å². The number of ketones is 1. The van der Waals surface area contributed by atoms with Gasteiger partial charge in [-0.15, -0.1) is 0 Å². The number of fused-ring (bicyclic) bond motifs is 1. The van der Waals surface area contributed by atoms with Gasteiger partial charge in [-0.05, 0) is 24.0 Å². The minimum atomic E-state index is -1.46. The molecule has 0 amide bonds. The molecule has 1 aromatic rings. The van der Waals surface area contributed by atoms with Crippen molar-refractivity contribution in [3.8, 4) is 0 Å². The molecule has 0 fully saturated rings. The molecule has 4 nitrogen and oxygen atoms in total. The van der Waals surface area contributed by atoms with Gasteiger partial charge in [-0.1, -0.05) is 12.1 Å². The van der Waals surface area contributed by atoms with E-state index in [1.165, 1.54) is 0 Å². The summed E-state index contributed by atoms with van der Waals surface area (Å²) < 4.78 is 0. The molecule has 1 heterocycles. The molecular formula is C11H14BNO3. The Labute approximate surface area is 94.7 Å². The third-order valence-corrected chi connectivity index (χ3v) is 3.09. The van der Waals surface area contributed by atoms with Crippen LogP contribution in [-0.2, 0) is 4.79 Å². The lowest BCUT2D eigenvalue weighted by molar-refractivity contribution is -0.118. The predicted molar refractivity (Wildman–Crippen MR) is 63.0 cm³/mol. The van der Waals surface area contributed by atoms with E-state index in [2.05, 4.69) is 0 Å². The minimum Gasteiger partial charge on any atom is -0.423 e. The topological polar surface area (TPSA) is 60.8 Å². The maximum atomic E-state index is 11.4. The van der Waals surface area contributed by atoms with Gasteiger partial charge in [-0.25, -0.2) is 0 Å². The summed E-state index contributed by atoms with van der Waals surface area (Å²) in [6.07, 6.45) is 0. The lowest BCUT2D eigenvalue weighted by Gasteiger charge is -2.12. The summed E-state index contributed by atoms with van der Waals surface area (Å²) in [4.78, 5) is 13.4. The lowest BCUT2D eigenvalue weighted by atomic mass is 9.79. The van der Waals surface area contributed by atoms with Crippen molar-refractivity contribution in [3.05, 3.63) is 23.8 Å². The van der Waals surface area contributed by atoms with Gasteiger partial charge in [0, 0.05) is 19.3 Å². The number of rotatable bonds is 2. The van der Waals surface area contributed by atoms with Crippen molar-refractivity contribution < 1.29 is 14.8 Å². The van der Waals surface area contributed by atoms with E-state index in [0.717, 1.165) is 11.3 Å². The zero-order valence-corrected chi connectivity index (χ0v) is 9.34. The molecule has 0 spiro atoms. The van der Waals surface area contributed by atoms with Gasteiger partial charge in [0.15, 0.2) is 0 Å². The maximum absolute atomic E-state index is 11.4. The first kappa shape index (κ1) is 11.2. The van der Waals surface area contributed by atoms with Crippen molar-refractivity contribution in [3.63, 3.8) is 0 Å². The van der Waals surface area contributed by atoms with Crippen LogP contribution in [0.5, 0.6) is 0 Å². The van der Waals surface area contributed by atoms with Gasteiger partial charge in [0.2, 0.25) is 0 Å². The molecule has 16 heavy (non-hydrogen) atoms. The molecule has 0 bridgehead atoms. The summed E-state index contributed by atoms with van der Waals surface area (Å²) >= 11 is 0. The first-order chi connectivity index (χ1) is 7.50. The molecule has 1 aliphatic rings. The largest absolute Gasteiger partial charge is 0.488 e. The summed E-state index contributed by atoms with van der Waals surface area (Å²) in [5.41, 5.74) is 2.33. The maximum Gasteiger partial charge on any atom is 0.488 e. The summed E-state index contributed by atoms with van der Waals surface area (Å²) in [6, 6.07) is 5.18. The van der Waals surface area contributed by atoms with Gasteiger partial charge in [0.05, 0.1) is 5.92 Å². The van der Waals surface area contributed by atoms with Gasteiger partial charge in [0.1, 0.15) is 5.78 Å². The quantitative estimate of drug-likeness (QED) is 0.657. The third-order valence-electron chi connectivity index (χ3n) is 3.09.